The minimum Gasteiger partial charge on any atom is -0.481 e. The number of hydrogen-bond donors (Lipinski definition) is 3. The maximum atomic E-state index is 11.8. The summed E-state index contributed by atoms with van der Waals surface area (Å²) in [4.78, 5) is 25.2. The molecule has 0 aromatic rings. The molecule has 2 aliphatic rings. The van der Waals surface area contributed by atoms with Crippen LogP contribution in [0.2, 0.25) is 0 Å². The van der Waals surface area contributed by atoms with Crippen molar-refractivity contribution in [3.8, 4) is 0 Å². The number of carbonyl (C=O) groups excluding carboxylic acids is 1. The molecular weight excluding hydrogens is 422 g/mol. The Morgan fingerprint density at radius 1 is 1.03 bits per heavy atom. The molecule has 2 saturated heterocycles. The summed E-state index contributed by atoms with van der Waals surface area (Å²) in [6.45, 7) is 0.619. The van der Waals surface area contributed by atoms with Crippen molar-refractivity contribution in [1.82, 2.24) is 10.6 Å². The molecule has 30 heavy (non-hydrogen) atoms. The van der Waals surface area contributed by atoms with Gasteiger partial charge in [-0.15, -0.1) is 23.5 Å². The average molecular weight is 458 g/mol. The molecule has 2 rings (SSSR count). The fourth-order valence-corrected chi connectivity index (χ4v) is 7.57. The normalized spacial score (nSPS) is 24.7. The average Bonchev–Trinajstić information content (AvgIpc) is 3.24. The van der Waals surface area contributed by atoms with E-state index >= 15 is 0 Å². The first-order valence-corrected chi connectivity index (χ1v) is 13.2. The van der Waals surface area contributed by atoms with Crippen LogP contribution in [0.1, 0.15) is 77.0 Å². The molecule has 0 radical (unpaired) electrons. The van der Waals surface area contributed by atoms with Crippen molar-refractivity contribution in [3.63, 3.8) is 0 Å². The predicted molar refractivity (Wildman–Crippen MR) is 124 cm³/mol. The van der Waals surface area contributed by atoms with E-state index in [1.165, 1.54) is 38.5 Å². The minimum atomic E-state index is -0.735. The molecule has 4 atom stereocenters. The molecule has 170 valence electrons. The summed E-state index contributed by atoms with van der Waals surface area (Å²) in [5, 5.41) is 18.9. The van der Waals surface area contributed by atoms with Crippen LogP contribution in [0.25, 0.3) is 10.4 Å². The summed E-state index contributed by atoms with van der Waals surface area (Å²) in [6, 6.07) is 0.289. The maximum absolute atomic E-state index is 11.8. The van der Waals surface area contributed by atoms with E-state index in [9.17, 15) is 9.59 Å². The zero-order chi connectivity index (χ0) is 21.6. The third-order valence-electron chi connectivity index (χ3n) is 5.61. The smallest absolute Gasteiger partial charge is 0.315 e. The van der Waals surface area contributed by atoms with Crippen molar-refractivity contribution in [3.05, 3.63) is 10.4 Å². The lowest BCUT2D eigenvalue weighted by molar-refractivity contribution is -0.137. The fraction of sp³-hybridized carbons (Fsp3) is 0.900. The van der Waals surface area contributed by atoms with Crippen LogP contribution in [0.3, 0.4) is 0 Å². The predicted octanol–water partition coefficient (Wildman–Crippen LogP) is 5.29. The van der Waals surface area contributed by atoms with Crippen LogP contribution < -0.4 is 10.6 Å². The summed E-state index contributed by atoms with van der Waals surface area (Å²) in [6.07, 6.45) is 12.4. The van der Waals surface area contributed by atoms with Gasteiger partial charge < -0.3 is 15.7 Å². The number of fused-ring (bicyclic) bond motifs is 1. The number of carboxylic acids is 1. The summed E-state index contributed by atoms with van der Waals surface area (Å²) in [7, 11) is 0. The zero-order valence-electron chi connectivity index (χ0n) is 17.6. The molecule has 0 aromatic heterocycles. The Labute approximate surface area is 187 Å². The van der Waals surface area contributed by atoms with Crippen LogP contribution in [0.15, 0.2) is 5.11 Å². The molecule has 2 fully saturated rings. The largest absolute Gasteiger partial charge is 0.481 e. The summed E-state index contributed by atoms with van der Waals surface area (Å²) in [5.74, 6) is 0.385. The Morgan fingerprint density at radius 3 is 2.40 bits per heavy atom. The van der Waals surface area contributed by atoms with Gasteiger partial charge in [-0.2, -0.15) is 0 Å². The lowest BCUT2D eigenvalue weighted by atomic mass is 10.0. The van der Waals surface area contributed by atoms with Crippen molar-refractivity contribution in [2.75, 3.05) is 12.3 Å². The highest BCUT2D eigenvalue weighted by Crippen LogP contribution is 2.44. The standard InChI is InChI=1S/C20H35N5O3S2/c21-25-22-13-9-5-3-1-2-4-6-10-14-29-19-18-17(23-20(28)24-18)15(30-19)11-7-8-12-16(26)27/h15,17-19H,1-14H2,(H,26,27)(H2,23,24,28)/t15-,17+,18+,19+/m0/s1. The number of amides is 2. The molecule has 2 heterocycles. The lowest BCUT2D eigenvalue weighted by Gasteiger charge is -2.16. The van der Waals surface area contributed by atoms with Gasteiger partial charge in [0.15, 0.2) is 0 Å². The van der Waals surface area contributed by atoms with Crippen molar-refractivity contribution in [2.24, 2.45) is 5.11 Å². The Balaban J connectivity index is 1.53. The number of nitrogens with zero attached hydrogens (tertiary/aromatic N) is 3. The highest BCUT2D eigenvalue weighted by atomic mass is 32.2. The van der Waals surface area contributed by atoms with Gasteiger partial charge in [-0.25, -0.2) is 4.79 Å². The molecule has 0 saturated carbocycles. The minimum absolute atomic E-state index is 0.0640. The monoisotopic (exact) mass is 457 g/mol. The number of aliphatic carboxylic acids is 1. The molecule has 0 unspecified atom stereocenters. The van der Waals surface area contributed by atoms with Gasteiger partial charge in [-0.1, -0.05) is 50.1 Å². The van der Waals surface area contributed by atoms with Crippen molar-refractivity contribution in [1.29, 1.82) is 0 Å². The molecule has 3 N–H and O–H groups in total. The Bertz CT molecular complexity index is 589. The van der Waals surface area contributed by atoms with E-state index in [-0.39, 0.29) is 24.5 Å². The van der Waals surface area contributed by atoms with E-state index in [1.54, 1.807) is 0 Å². The van der Waals surface area contributed by atoms with E-state index in [0.717, 1.165) is 31.4 Å². The quantitative estimate of drug-likeness (QED) is 0.0899. The van der Waals surface area contributed by atoms with Crippen LogP contribution in [0.5, 0.6) is 0 Å². The second kappa shape index (κ2) is 14.7. The highest BCUT2D eigenvalue weighted by Gasteiger charge is 2.48. The van der Waals surface area contributed by atoms with E-state index in [0.29, 0.717) is 22.8 Å². The zero-order valence-corrected chi connectivity index (χ0v) is 19.3. The topological polar surface area (TPSA) is 127 Å². The second-order valence-electron chi connectivity index (χ2n) is 8.01. The number of nitrogens with one attached hydrogen (secondary N) is 2. The number of urea groups is 1. The van der Waals surface area contributed by atoms with Crippen molar-refractivity contribution >= 4 is 35.5 Å². The number of carboxylic acid groups (broad SMARTS) is 1. The van der Waals surface area contributed by atoms with Gasteiger partial charge in [0.2, 0.25) is 0 Å². The van der Waals surface area contributed by atoms with Gasteiger partial charge in [0.1, 0.15) is 0 Å². The number of azide groups is 1. The molecule has 8 nitrogen and oxygen atoms in total. The maximum Gasteiger partial charge on any atom is 0.315 e. The van der Waals surface area contributed by atoms with Gasteiger partial charge in [-0.05, 0) is 37.0 Å². The van der Waals surface area contributed by atoms with Crippen LogP contribution in [-0.2, 0) is 4.79 Å². The first kappa shape index (κ1) is 25.0. The lowest BCUT2D eigenvalue weighted by Crippen LogP contribution is -2.38. The summed E-state index contributed by atoms with van der Waals surface area (Å²) >= 11 is 3.92. The van der Waals surface area contributed by atoms with Gasteiger partial charge in [0.05, 0.1) is 16.7 Å². The Kier molecular flexibility index (Phi) is 12.3. The summed E-state index contributed by atoms with van der Waals surface area (Å²) in [5.41, 5.74) is 8.22. The number of unbranched alkanes of at least 4 members (excludes halogenated alkanes) is 8. The van der Waals surface area contributed by atoms with E-state index in [1.807, 2.05) is 23.5 Å². The first-order valence-electron chi connectivity index (χ1n) is 11.2. The fourth-order valence-electron chi connectivity index (χ4n) is 4.03. The second-order valence-corrected chi connectivity index (χ2v) is 10.9. The Morgan fingerprint density at radius 2 is 1.70 bits per heavy atom. The van der Waals surface area contributed by atoms with Crippen LogP contribution in [0.4, 0.5) is 4.79 Å². The molecular formula is C20H35N5O3S2. The molecule has 10 heteroatoms. The SMILES string of the molecule is [N-]=[N+]=NCCCCCCCCCCS[C@@H]1S[C@@H](CCCCC(=O)O)[C@H]2NC(=O)N[C@@H]12. The van der Waals surface area contributed by atoms with Crippen LogP contribution in [-0.4, -0.2) is 51.3 Å². The van der Waals surface area contributed by atoms with E-state index in [4.69, 9.17) is 10.6 Å². The molecule has 2 amide bonds. The van der Waals surface area contributed by atoms with Crippen molar-refractivity contribution in [2.45, 2.75) is 99.0 Å². The first-order chi connectivity index (χ1) is 14.6. The number of hydrogen-bond acceptors (Lipinski definition) is 5. The van der Waals surface area contributed by atoms with Gasteiger partial charge >= 0.3 is 12.0 Å². The number of rotatable bonds is 17. The van der Waals surface area contributed by atoms with Gasteiger partial charge in [0, 0.05) is 23.1 Å². The molecule has 0 aromatic carbocycles. The van der Waals surface area contributed by atoms with Crippen LogP contribution in [0, 0.1) is 0 Å². The third kappa shape index (κ3) is 9.27. The summed E-state index contributed by atoms with van der Waals surface area (Å²) < 4.78 is 0.384. The number of carbonyl (C=O) groups is 2. The van der Waals surface area contributed by atoms with Crippen LogP contribution >= 0.6 is 23.5 Å². The van der Waals surface area contributed by atoms with E-state index < -0.39 is 5.97 Å². The molecule has 0 bridgehead atoms. The van der Waals surface area contributed by atoms with Crippen molar-refractivity contribution < 1.29 is 14.7 Å². The van der Waals surface area contributed by atoms with Gasteiger partial charge in [-0.3, -0.25) is 4.79 Å². The molecule has 2 aliphatic heterocycles. The molecule has 0 aliphatic carbocycles. The third-order valence-corrected chi connectivity index (χ3v) is 8.94. The highest BCUT2D eigenvalue weighted by molar-refractivity contribution is 8.17. The van der Waals surface area contributed by atoms with E-state index in [2.05, 4.69) is 20.7 Å². The number of thioether (sulfide) groups is 2. The Hall–Kier alpha value is -1.25. The molecule has 0 spiro atoms. The van der Waals surface area contributed by atoms with Gasteiger partial charge in [0.25, 0.3) is 0 Å².